The van der Waals surface area contributed by atoms with Crippen LogP contribution in [0.4, 0.5) is 13.2 Å². The number of benzene rings is 2. The van der Waals surface area contributed by atoms with Crippen LogP contribution in [0.1, 0.15) is 18.1 Å². The zero-order chi connectivity index (χ0) is 17.7. The fraction of sp³-hybridized carbons (Fsp3) is 0.235. The number of alkyl halides is 3. The van der Waals surface area contributed by atoms with E-state index in [-0.39, 0.29) is 12.1 Å². The normalized spacial score (nSPS) is 12.5. The highest BCUT2D eigenvalue weighted by Crippen LogP contribution is 2.31. The van der Waals surface area contributed by atoms with Crippen molar-refractivity contribution in [2.24, 2.45) is 0 Å². The van der Waals surface area contributed by atoms with Crippen LogP contribution in [0.2, 0.25) is 5.02 Å². The van der Waals surface area contributed by atoms with Gasteiger partial charge in [0.15, 0.2) is 6.10 Å². The molecule has 2 aromatic rings. The van der Waals surface area contributed by atoms with Crippen molar-refractivity contribution in [2.75, 3.05) is 0 Å². The Labute approximate surface area is 142 Å². The molecule has 0 bridgehead atoms. The Morgan fingerprint density at radius 2 is 1.92 bits per heavy atom. The van der Waals surface area contributed by atoms with Gasteiger partial charge in [0.25, 0.3) is 5.91 Å². The van der Waals surface area contributed by atoms with E-state index in [4.69, 9.17) is 16.3 Å². The second-order valence-electron chi connectivity index (χ2n) is 5.09. The highest BCUT2D eigenvalue weighted by atomic mass is 35.5. The van der Waals surface area contributed by atoms with Gasteiger partial charge in [0.1, 0.15) is 5.75 Å². The lowest BCUT2D eigenvalue weighted by Crippen LogP contribution is -2.36. The highest BCUT2D eigenvalue weighted by molar-refractivity contribution is 6.30. The molecule has 1 N–H and O–H groups in total. The number of ether oxygens (including phenoxy) is 1. The molecule has 2 aromatic carbocycles. The second-order valence-corrected chi connectivity index (χ2v) is 5.53. The first-order chi connectivity index (χ1) is 11.3. The molecular formula is C17H15ClF3NO2. The van der Waals surface area contributed by atoms with E-state index in [1.807, 2.05) is 0 Å². The summed E-state index contributed by atoms with van der Waals surface area (Å²) >= 11 is 5.82. The van der Waals surface area contributed by atoms with Crippen LogP contribution in [-0.4, -0.2) is 12.0 Å². The predicted octanol–water partition coefficient (Wildman–Crippen LogP) is 4.44. The van der Waals surface area contributed by atoms with Crippen molar-refractivity contribution in [3.63, 3.8) is 0 Å². The van der Waals surface area contributed by atoms with E-state index in [0.29, 0.717) is 10.8 Å². The van der Waals surface area contributed by atoms with Crippen molar-refractivity contribution in [3.8, 4) is 5.75 Å². The molecule has 0 saturated carbocycles. The Morgan fingerprint density at radius 3 is 2.58 bits per heavy atom. The highest BCUT2D eigenvalue weighted by Gasteiger charge is 2.32. The minimum atomic E-state index is -4.47. The Bertz CT molecular complexity index is 719. The summed E-state index contributed by atoms with van der Waals surface area (Å²) in [6, 6.07) is 11.6. The van der Waals surface area contributed by atoms with E-state index >= 15 is 0 Å². The summed E-state index contributed by atoms with van der Waals surface area (Å²) in [5.74, 6) is -0.118. The van der Waals surface area contributed by atoms with Gasteiger partial charge in [-0.3, -0.25) is 4.79 Å². The summed E-state index contributed by atoms with van der Waals surface area (Å²) in [6.07, 6.45) is -5.34. The van der Waals surface area contributed by atoms with Gasteiger partial charge in [-0.25, -0.2) is 0 Å². The molecular weight excluding hydrogens is 343 g/mol. The zero-order valence-electron chi connectivity index (χ0n) is 12.7. The van der Waals surface area contributed by atoms with Crippen LogP contribution in [0.25, 0.3) is 0 Å². The van der Waals surface area contributed by atoms with Crippen LogP contribution in [0, 0.1) is 0 Å². The number of amides is 1. The topological polar surface area (TPSA) is 38.3 Å². The lowest BCUT2D eigenvalue weighted by molar-refractivity contribution is -0.138. The van der Waals surface area contributed by atoms with E-state index in [0.717, 1.165) is 6.07 Å². The first-order valence-corrected chi connectivity index (χ1v) is 7.50. The van der Waals surface area contributed by atoms with Crippen LogP contribution in [0.5, 0.6) is 5.75 Å². The number of rotatable bonds is 5. The average Bonchev–Trinajstić information content (AvgIpc) is 2.52. The average molecular weight is 358 g/mol. The van der Waals surface area contributed by atoms with Gasteiger partial charge in [-0.1, -0.05) is 35.9 Å². The third-order valence-electron chi connectivity index (χ3n) is 3.25. The molecule has 1 unspecified atom stereocenters. The number of hydrogen-bond donors (Lipinski definition) is 1. The van der Waals surface area contributed by atoms with Crippen LogP contribution < -0.4 is 10.1 Å². The molecule has 7 heteroatoms. The van der Waals surface area contributed by atoms with E-state index in [9.17, 15) is 18.0 Å². The van der Waals surface area contributed by atoms with Crippen molar-refractivity contribution in [3.05, 3.63) is 64.7 Å². The fourth-order valence-corrected chi connectivity index (χ4v) is 2.26. The maximum Gasteiger partial charge on any atom is 0.416 e. The monoisotopic (exact) mass is 357 g/mol. The quantitative estimate of drug-likeness (QED) is 0.859. The number of halogens is 4. The number of hydrogen-bond acceptors (Lipinski definition) is 2. The SMILES string of the molecule is CC(Oc1cccc(Cl)c1)C(=O)NCc1ccccc1C(F)(F)F. The number of carbonyl (C=O) groups excluding carboxylic acids is 1. The van der Waals surface area contributed by atoms with Crippen LogP contribution >= 0.6 is 11.6 Å². The van der Waals surface area contributed by atoms with Gasteiger partial charge >= 0.3 is 6.18 Å². The molecule has 0 aliphatic rings. The van der Waals surface area contributed by atoms with Crippen molar-refractivity contribution in [1.29, 1.82) is 0 Å². The van der Waals surface area contributed by atoms with Crippen LogP contribution in [-0.2, 0) is 17.5 Å². The molecule has 1 atom stereocenters. The maximum absolute atomic E-state index is 12.9. The molecule has 1 amide bonds. The fourth-order valence-electron chi connectivity index (χ4n) is 2.08. The lowest BCUT2D eigenvalue weighted by Gasteiger charge is -2.16. The summed E-state index contributed by atoms with van der Waals surface area (Å²) < 4.78 is 44.1. The zero-order valence-corrected chi connectivity index (χ0v) is 13.5. The summed E-state index contributed by atoms with van der Waals surface area (Å²) in [5, 5.41) is 2.91. The third kappa shape index (κ3) is 4.89. The molecule has 24 heavy (non-hydrogen) atoms. The second kappa shape index (κ2) is 7.57. The predicted molar refractivity (Wildman–Crippen MR) is 84.8 cm³/mol. The molecule has 128 valence electrons. The van der Waals surface area contributed by atoms with Gasteiger partial charge in [0.05, 0.1) is 5.56 Å². The van der Waals surface area contributed by atoms with Crippen molar-refractivity contribution in [1.82, 2.24) is 5.32 Å². The first kappa shape index (κ1) is 18.1. The van der Waals surface area contributed by atoms with Gasteiger partial charge in [-0.05, 0) is 36.8 Å². The van der Waals surface area contributed by atoms with E-state index in [2.05, 4.69) is 5.32 Å². The Kier molecular flexibility index (Phi) is 5.72. The van der Waals surface area contributed by atoms with Crippen LogP contribution in [0.15, 0.2) is 48.5 Å². The molecule has 0 saturated heterocycles. The number of nitrogens with one attached hydrogen (secondary N) is 1. The summed E-state index contributed by atoms with van der Waals surface area (Å²) in [4.78, 5) is 12.0. The van der Waals surface area contributed by atoms with Gasteiger partial charge in [-0.15, -0.1) is 0 Å². The molecule has 0 aliphatic heterocycles. The largest absolute Gasteiger partial charge is 0.481 e. The molecule has 0 fully saturated rings. The molecule has 0 radical (unpaired) electrons. The Balaban J connectivity index is 1.98. The molecule has 0 aliphatic carbocycles. The van der Waals surface area contributed by atoms with Gasteiger partial charge in [0, 0.05) is 11.6 Å². The smallest absolute Gasteiger partial charge is 0.416 e. The van der Waals surface area contributed by atoms with Crippen molar-refractivity contribution < 1.29 is 22.7 Å². The first-order valence-electron chi connectivity index (χ1n) is 7.12. The maximum atomic E-state index is 12.9. The lowest BCUT2D eigenvalue weighted by atomic mass is 10.1. The van der Waals surface area contributed by atoms with E-state index in [1.165, 1.54) is 25.1 Å². The van der Waals surface area contributed by atoms with Crippen molar-refractivity contribution >= 4 is 17.5 Å². The van der Waals surface area contributed by atoms with Gasteiger partial charge < -0.3 is 10.1 Å². The summed E-state index contributed by atoms with van der Waals surface area (Å²) in [7, 11) is 0. The van der Waals surface area contributed by atoms with Gasteiger partial charge in [-0.2, -0.15) is 13.2 Å². The Morgan fingerprint density at radius 1 is 1.21 bits per heavy atom. The molecule has 2 rings (SSSR count). The van der Waals surface area contributed by atoms with E-state index in [1.54, 1.807) is 24.3 Å². The standard InChI is InChI=1S/C17H15ClF3NO2/c1-11(24-14-7-4-6-13(18)9-14)16(23)22-10-12-5-2-3-8-15(12)17(19,20)21/h2-9,11H,10H2,1H3,(H,22,23). The minimum absolute atomic E-state index is 0.00620. The number of carbonyl (C=O) groups is 1. The third-order valence-corrected chi connectivity index (χ3v) is 3.49. The summed E-state index contributed by atoms with van der Waals surface area (Å²) in [5.41, 5.74) is -0.776. The minimum Gasteiger partial charge on any atom is -0.481 e. The van der Waals surface area contributed by atoms with E-state index < -0.39 is 23.8 Å². The Hall–Kier alpha value is -2.21. The molecule has 0 spiro atoms. The van der Waals surface area contributed by atoms with Crippen LogP contribution in [0.3, 0.4) is 0 Å². The summed E-state index contributed by atoms with van der Waals surface area (Å²) in [6.45, 7) is 1.27. The molecule has 0 heterocycles. The van der Waals surface area contributed by atoms with Crippen molar-refractivity contribution in [2.45, 2.75) is 25.7 Å². The molecule has 3 nitrogen and oxygen atoms in total. The van der Waals surface area contributed by atoms with Gasteiger partial charge in [0.2, 0.25) is 0 Å². The molecule has 0 aromatic heterocycles.